The molecule has 0 unspecified atom stereocenters. The van der Waals surface area contributed by atoms with E-state index >= 15 is 0 Å². The van der Waals surface area contributed by atoms with E-state index in [1.165, 1.54) is 18.5 Å². The van der Waals surface area contributed by atoms with Gasteiger partial charge in [0.05, 0.1) is 17.1 Å². The largest absolute Gasteiger partial charge is 0.458 e. The summed E-state index contributed by atoms with van der Waals surface area (Å²) >= 11 is 0. The SMILES string of the molecule is Cc1cccc(-c2c([C@H](C)Nc3ncnc(N)c3C(=[NH2+])c3ccc4c(C)[nH]nc4c3)oc3cccc(F)c3c2=O)c1. The van der Waals surface area contributed by atoms with E-state index in [1.54, 1.807) is 12.1 Å². The standard InChI is InChI=1S/C31H26FN7O2/c1-15-6-4-7-18(12-15)24-28(40)25-21(32)8-5-9-23(25)41-29(24)17(3)37-31-26(30(34)35-14-36-31)27(33)19-10-11-20-16(2)38-39-22(20)13-19/h4-14,17,33H,1-3H3,(H,38,39)(H3,34,35,36,37)/p+1/t17-/m0/s1. The van der Waals surface area contributed by atoms with Crippen LogP contribution in [0.25, 0.3) is 33.0 Å². The van der Waals surface area contributed by atoms with E-state index < -0.39 is 17.3 Å². The molecule has 1 atom stereocenters. The van der Waals surface area contributed by atoms with Crippen LogP contribution < -0.4 is 21.9 Å². The molecule has 0 radical (unpaired) electrons. The number of aromatic nitrogens is 4. The van der Waals surface area contributed by atoms with Crippen molar-refractivity contribution in [1.29, 1.82) is 0 Å². The number of aromatic amines is 1. The van der Waals surface area contributed by atoms with Crippen LogP contribution in [0, 0.1) is 19.7 Å². The molecule has 0 saturated heterocycles. The van der Waals surface area contributed by atoms with Crippen LogP contribution in [0.15, 0.2) is 76.2 Å². The van der Waals surface area contributed by atoms with E-state index in [-0.39, 0.29) is 22.4 Å². The van der Waals surface area contributed by atoms with E-state index in [9.17, 15) is 9.18 Å². The maximum absolute atomic E-state index is 14.8. The minimum atomic E-state index is -0.644. The third-order valence-electron chi connectivity index (χ3n) is 7.15. The molecule has 0 saturated carbocycles. The summed E-state index contributed by atoms with van der Waals surface area (Å²) in [6, 6.07) is 16.8. The number of nitrogen functional groups attached to an aromatic ring is 1. The third-order valence-corrected chi connectivity index (χ3v) is 7.15. The highest BCUT2D eigenvalue weighted by Gasteiger charge is 2.26. The van der Waals surface area contributed by atoms with Gasteiger partial charge in [-0.2, -0.15) is 5.10 Å². The monoisotopic (exact) mass is 548 g/mol. The average Bonchev–Trinajstić information content (AvgIpc) is 3.32. The molecule has 9 nitrogen and oxygen atoms in total. The fourth-order valence-electron chi connectivity index (χ4n) is 5.10. The second-order valence-electron chi connectivity index (χ2n) is 10.00. The maximum Gasteiger partial charge on any atom is 0.218 e. The Kier molecular flexibility index (Phi) is 6.30. The van der Waals surface area contributed by atoms with Gasteiger partial charge in [-0.15, -0.1) is 0 Å². The first-order valence-electron chi connectivity index (χ1n) is 13.0. The van der Waals surface area contributed by atoms with E-state index in [1.807, 2.05) is 57.2 Å². The number of H-pyrrole nitrogens is 1. The molecule has 6 rings (SSSR count). The number of aryl methyl sites for hydroxylation is 2. The molecule has 0 spiro atoms. The molecule has 3 aromatic carbocycles. The van der Waals surface area contributed by atoms with Crippen molar-refractivity contribution in [2.75, 3.05) is 11.1 Å². The minimum Gasteiger partial charge on any atom is -0.458 e. The molecule has 204 valence electrons. The number of nitrogens with two attached hydrogens (primary N) is 2. The molecular weight excluding hydrogens is 521 g/mol. The quantitative estimate of drug-likeness (QED) is 0.228. The lowest BCUT2D eigenvalue weighted by Gasteiger charge is -2.19. The average molecular weight is 549 g/mol. The first-order valence-corrected chi connectivity index (χ1v) is 13.0. The van der Waals surface area contributed by atoms with Crippen molar-refractivity contribution in [1.82, 2.24) is 20.2 Å². The Hall–Kier alpha value is -5.38. The summed E-state index contributed by atoms with van der Waals surface area (Å²) in [7, 11) is 0. The molecule has 0 aliphatic carbocycles. The van der Waals surface area contributed by atoms with Crippen molar-refractivity contribution in [2.45, 2.75) is 26.8 Å². The first-order chi connectivity index (χ1) is 19.7. The van der Waals surface area contributed by atoms with Crippen LogP contribution in [0.1, 0.15) is 41.1 Å². The number of nitrogens with one attached hydrogen (secondary N) is 2. The van der Waals surface area contributed by atoms with Gasteiger partial charge in [-0.05, 0) is 50.6 Å². The number of rotatable bonds is 6. The second-order valence-corrected chi connectivity index (χ2v) is 10.00. The van der Waals surface area contributed by atoms with Gasteiger partial charge >= 0.3 is 0 Å². The molecule has 0 aliphatic rings. The lowest BCUT2D eigenvalue weighted by molar-refractivity contribution is -0.111. The van der Waals surface area contributed by atoms with Crippen LogP contribution in [-0.4, -0.2) is 25.9 Å². The zero-order chi connectivity index (χ0) is 28.8. The van der Waals surface area contributed by atoms with E-state index in [4.69, 9.17) is 15.6 Å². The van der Waals surface area contributed by atoms with Crippen LogP contribution >= 0.6 is 0 Å². The van der Waals surface area contributed by atoms with Crippen LogP contribution in [0.3, 0.4) is 0 Å². The highest BCUT2D eigenvalue weighted by molar-refractivity contribution is 6.15. The van der Waals surface area contributed by atoms with Gasteiger partial charge < -0.3 is 15.5 Å². The Bertz CT molecular complexity index is 2050. The topological polar surface area (TPSA) is 148 Å². The van der Waals surface area contributed by atoms with Gasteiger partial charge in [0.25, 0.3) is 0 Å². The first kappa shape index (κ1) is 25.9. The van der Waals surface area contributed by atoms with Crippen molar-refractivity contribution >= 4 is 39.2 Å². The van der Waals surface area contributed by atoms with Crippen LogP contribution in [0.4, 0.5) is 16.0 Å². The van der Waals surface area contributed by atoms with Gasteiger partial charge in [0.2, 0.25) is 11.1 Å². The lowest BCUT2D eigenvalue weighted by Crippen LogP contribution is -2.42. The number of fused-ring (bicyclic) bond motifs is 2. The maximum atomic E-state index is 14.8. The van der Waals surface area contributed by atoms with Crippen molar-refractivity contribution in [2.24, 2.45) is 0 Å². The number of anilines is 2. The van der Waals surface area contributed by atoms with Gasteiger partial charge in [0.15, 0.2) is 0 Å². The molecule has 3 aromatic heterocycles. The van der Waals surface area contributed by atoms with Gasteiger partial charge in [0, 0.05) is 16.6 Å². The van der Waals surface area contributed by atoms with Crippen LogP contribution in [0.2, 0.25) is 0 Å². The Morgan fingerprint density at radius 3 is 2.71 bits per heavy atom. The van der Waals surface area contributed by atoms with Gasteiger partial charge in [-0.1, -0.05) is 42.0 Å². The molecular formula is C31H27FN7O2+. The summed E-state index contributed by atoms with van der Waals surface area (Å²) in [6.07, 6.45) is 1.33. The van der Waals surface area contributed by atoms with E-state index in [2.05, 4.69) is 25.5 Å². The number of hydrogen-bond donors (Lipinski definition) is 4. The van der Waals surface area contributed by atoms with E-state index in [0.29, 0.717) is 34.0 Å². The van der Waals surface area contributed by atoms with Crippen molar-refractivity contribution in [3.8, 4) is 11.1 Å². The molecule has 0 bridgehead atoms. The Labute approximate surface area is 233 Å². The Morgan fingerprint density at radius 1 is 1.10 bits per heavy atom. The smallest absolute Gasteiger partial charge is 0.218 e. The number of hydrogen-bond acceptors (Lipinski definition) is 7. The summed E-state index contributed by atoms with van der Waals surface area (Å²) in [5.74, 6) is 0.188. The molecule has 6 aromatic rings. The molecule has 3 heterocycles. The molecule has 41 heavy (non-hydrogen) atoms. The summed E-state index contributed by atoms with van der Waals surface area (Å²) < 4.78 is 21.0. The number of benzene rings is 3. The zero-order valence-corrected chi connectivity index (χ0v) is 22.6. The van der Waals surface area contributed by atoms with Crippen molar-refractivity contribution < 1.29 is 14.2 Å². The molecule has 6 N–H and O–H groups in total. The third kappa shape index (κ3) is 4.49. The normalized spacial score (nSPS) is 12.1. The fourth-order valence-corrected chi connectivity index (χ4v) is 5.10. The predicted molar refractivity (Wildman–Crippen MR) is 157 cm³/mol. The van der Waals surface area contributed by atoms with Gasteiger partial charge in [-0.25, -0.2) is 14.4 Å². The summed E-state index contributed by atoms with van der Waals surface area (Å²) in [5.41, 5.74) is 11.0. The second kappa shape index (κ2) is 9.98. The molecule has 0 amide bonds. The summed E-state index contributed by atoms with van der Waals surface area (Å²) in [6.45, 7) is 5.68. The highest BCUT2D eigenvalue weighted by Crippen LogP contribution is 2.33. The molecule has 10 heteroatoms. The Morgan fingerprint density at radius 2 is 1.90 bits per heavy atom. The Balaban J connectivity index is 1.46. The minimum absolute atomic E-state index is 0.103. The number of halogens is 1. The van der Waals surface area contributed by atoms with Crippen molar-refractivity contribution in [3.05, 3.63) is 111 Å². The molecule has 0 fully saturated rings. The van der Waals surface area contributed by atoms with E-state index in [0.717, 1.165) is 22.2 Å². The molecule has 0 aliphatic heterocycles. The van der Waals surface area contributed by atoms with Gasteiger partial charge in [-0.3, -0.25) is 15.3 Å². The lowest BCUT2D eigenvalue weighted by atomic mass is 9.97. The predicted octanol–water partition coefficient (Wildman–Crippen LogP) is 4.23. The number of nitrogens with zero attached hydrogens (tertiary/aromatic N) is 3. The fraction of sp³-hybridized carbons (Fsp3) is 0.129. The van der Waals surface area contributed by atoms with Crippen LogP contribution in [0.5, 0.6) is 0 Å². The van der Waals surface area contributed by atoms with Crippen LogP contribution in [-0.2, 0) is 0 Å². The highest BCUT2D eigenvalue weighted by atomic mass is 19.1. The van der Waals surface area contributed by atoms with Gasteiger partial charge in [0.1, 0.15) is 46.1 Å². The zero-order valence-electron chi connectivity index (χ0n) is 22.6. The summed E-state index contributed by atoms with van der Waals surface area (Å²) in [5, 5.41) is 18.1. The summed E-state index contributed by atoms with van der Waals surface area (Å²) in [4.78, 5) is 22.3. The van der Waals surface area contributed by atoms with Crippen molar-refractivity contribution in [3.63, 3.8) is 0 Å².